The van der Waals surface area contributed by atoms with Crippen molar-refractivity contribution in [3.63, 3.8) is 0 Å². The molecule has 0 aliphatic heterocycles. The molecule has 3 heteroatoms. The summed E-state index contributed by atoms with van der Waals surface area (Å²) in [6.07, 6.45) is 4.28. The molecule has 0 aliphatic carbocycles. The first-order valence-electron chi connectivity index (χ1n) is 9.49. The quantitative estimate of drug-likeness (QED) is 0.199. The fourth-order valence-corrected chi connectivity index (χ4v) is 4.33. The summed E-state index contributed by atoms with van der Waals surface area (Å²) in [5.74, 6) is 0. The highest BCUT2D eigenvalue weighted by Crippen LogP contribution is 2.39. The molecule has 3 nitrogen and oxygen atoms in total. The third-order valence-electron chi connectivity index (χ3n) is 5.94. The molecule has 0 amide bonds. The van der Waals surface area contributed by atoms with Gasteiger partial charge in [0, 0.05) is 30.1 Å². The molecule has 0 bridgehead atoms. The molecular formula is C24H25N2O+. The largest absolute Gasteiger partial charge is 0.456 e. The van der Waals surface area contributed by atoms with E-state index in [-0.39, 0.29) is 5.41 Å². The molecule has 0 unspecified atom stereocenters. The minimum Gasteiger partial charge on any atom is -0.456 e. The summed E-state index contributed by atoms with van der Waals surface area (Å²) in [5.41, 5.74) is 7.00. The molecule has 0 aliphatic rings. The van der Waals surface area contributed by atoms with Gasteiger partial charge in [0.15, 0.2) is 6.20 Å². The van der Waals surface area contributed by atoms with E-state index >= 15 is 0 Å². The summed E-state index contributed by atoms with van der Waals surface area (Å²) in [4.78, 5) is 0. The Morgan fingerprint density at radius 2 is 1.74 bits per heavy atom. The van der Waals surface area contributed by atoms with Crippen LogP contribution >= 0.6 is 0 Å². The van der Waals surface area contributed by atoms with Gasteiger partial charge >= 0.3 is 0 Å². The fourth-order valence-electron chi connectivity index (χ4n) is 4.33. The van der Waals surface area contributed by atoms with E-state index in [1.54, 1.807) is 0 Å². The third-order valence-corrected chi connectivity index (χ3v) is 5.94. The molecular weight excluding hydrogens is 332 g/mol. The van der Waals surface area contributed by atoms with Crippen LogP contribution in [-0.4, -0.2) is 4.57 Å². The van der Waals surface area contributed by atoms with Crippen molar-refractivity contribution >= 4 is 43.7 Å². The van der Waals surface area contributed by atoms with Crippen molar-refractivity contribution in [2.45, 2.75) is 33.1 Å². The van der Waals surface area contributed by atoms with Gasteiger partial charge in [-0.25, -0.2) is 4.57 Å². The van der Waals surface area contributed by atoms with E-state index in [1.165, 1.54) is 43.7 Å². The molecule has 0 spiro atoms. The number of aryl methyl sites for hydroxylation is 3. The van der Waals surface area contributed by atoms with Crippen molar-refractivity contribution < 1.29 is 8.98 Å². The van der Waals surface area contributed by atoms with Crippen molar-refractivity contribution in [2.75, 3.05) is 0 Å². The fraction of sp³-hybridized carbons (Fsp3) is 0.292. The zero-order valence-corrected chi connectivity index (χ0v) is 16.8. The lowest BCUT2D eigenvalue weighted by Gasteiger charge is -2.21. The van der Waals surface area contributed by atoms with Crippen LogP contribution in [0.15, 0.2) is 47.1 Å². The van der Waals surface area contributed by atoms with E-state index in [2.05, 4.69) is 93.7 Å². The highest BCUT2D eigenvalue weighted by Gasteiger charge is 2.21. The van der Waals surface area contributed by atoms with Gasteiger partial charge in [-0.15, -0.1) is 0 Å². The lowest BCUT2D eigenvalue weighted by Crippen LogP contribution is -2.24. The smallest absolute Gasteiger partial charge is 0.216 e. The predicted octanol–water partition coefficient (Wildman–Crippen LogP) is 5.66. The van der Waals surface area contributed by atoms with E-state index < -0.39 is 0 Å². The normalized spacial score (nSPS) is 12.8. The van der Waals surface area contributed by atoms with Crippen molar-refractivity contribution in [1.82, 2.24) is 4.57 Å². The minimum atomic E-state index is 0.0739. The number of rotatable bonds is 0. The molecule has 0 saturated carbocycles. The molecule has 136 valence electrons. The van der Waals surface area contributed by atoms with E-state index in [0.29, 0.717) is 0 Å². The average molecular weight is 357 g/mol. The van der Waals surface area contributed by atoms with Crippen molar-refractivity contribution in [2.24, 2.45) is 14.1 Å². The monoisotopic (exact) mass is 357 g/mol. The second kappa shape index (κ2) is 5.13. The van der Waals surface area contributed by atoms with E-state index in [1.807, 2.05) is 0 Å². The summed E-state index contributed by atoms with van der Waals surface area (Å²) in [6.45, 7) is 8.95. The van der Waals surface area contributed by atoms with Crippen LogP contribution in [0.1, 0.15) is 31.9 Å². The lowest BCUT2D eigenvalue weighted by molar-refractivity contribution is -0.642. The lowest BCUT2D eigenvalue weighted by atomic mass is 9.85. The van der Waals surface area contributed by atoms with Crippen LogP contribution in [0.2, 0.25) is 0 Å². The Bertz CT molecular complexity index is 1380. The van der Waals surface area contributed by atoms with E-state index in [4.69, 9.17) is 4.42 Å². The Labute approximate surface area is 158 Å². The highest BCUT2D eigenvalue weighted by atomic mass is 16.3. The third kappa shape index (κ3) is 2.18. The molecule has 0 saturated heterocycles. The van der Waals surface area contributed by atoms with E-state index in [0.717, 1.165) is 11.2 Å². The van der Waals surface area contributed by atoms with Crippen LogP contribution in [-0.2, 0) is 19.5 Å². The average Bonchev–Trinajstić information content (AvgIpc) is 2.97. The molecule has 0 atom stereocenters. The van der Waals surface area contributed by atoms with Crippen LogP contribution in [0, 0.1) is 6.92 Å². The number of benzene rings is 2. The number of hydrogen-bond acceptors (Lipinski definition) is 1. The predicted molar refractivity (Wildman–Crippen MR) is 112 cm³/mol. The van der Waals surface area contributed by atoms with Crippen molar-refractivity contribution in [3.05, 3.63) is 53.9 Å². The van der Waals surface area contributed by atoms with Crippen molar-refractivity contribution in [3.8, 4) is 0 Å². The first-order chi connectivity index (χ1) is 12.8. The Kier molecular flexibility index (Phi) is 3.11. The first kappa shape index (κ1) is 16.4. The standard InChI is InChI=1S/C24H25N2O/c1-14-17-8-10-25(5)18(17)13-20-21(14)23-22-15(7-9-26(23)6)11-16(24(2,3)4)12-19(22)27-20/h7-13H,1-6H3/q+1. The second-order valence-electron chi connectivity index (χ2n) is 8.80. The minimum absolute atomic E-state index is 0.0739. The Morgan fingerprint density at radius 1 is 1.00 bits per heavy atom. The van der Waals surface area contributed by atoms with Gasteiger partial charge in [0.2, 0.25) is 5.52 Å². The van der Waals surface area contributed by atoms with Crippen LogP contribution in [0.4, 0.5) is 0 Å². The molecule has 0 N–H and O–H groups in total. The molecule has 5 aromatic rings. The summed E-state index contributed by atoms with van der Waals surface area (Å²) < 4.78 is 10.9. The van der Waals surface area contributed by atoms with Gasteiger partial charge in [-0.2, -0.15) is 0 Å². The first-order valence-corrected chi connectivity index (χ1v) is 9.49. The summed E-state index contributed by atoms with van der Waals surface area (Å²) in [7, 11) is 4.21. The van der Waals surface area contributed by atoms with Gasteiger partial charge in [0.1, 0.15) is 18.2 Å². The molecule has 0 fully saturated rings. The van der Waals surface area contributed by atoms with Gasteiger partial charge in [-0.1, -0.05) is 26.8 Å². The van der Waals surface area contributed by atoms with Crippen LogP contribution in [0.3, 0.4) is 0 Å². The van der Waals surface area contributed by atoms with Crippen LogP contribution < -0.4 is 4.57 Å². The zero-order valence-electron chi connectivity index (χ0n) is 16.8. The number of hydrogen-bond donors (Lipinski definition) is 0. The van der Waals surface area contributed by atoms with Gasteiger partial charge < -0.3 is 8.98 Å². The van der Waals surface area contributed by atoms with Crippen LogP contribution in [0.25, 0.3) is 43.7 Å². The summed E-state index contributed by atoms with van der Waals surface area (Å²) in [5, 5.41) is 4.94. The number of nitrogens with zero attached hydrogens (tertiary/aromatic N) is 2. The number of pyridine rings is 1. The highest BCUT2D eigenvalue weighted by molar-refractivity contribution is 6.19. The molecule has 0 radical (unpaired) electrons. The second-order valence-corrected chi connectivity index (χ2v) is 8.80. The maximum atomic E-state index is 6.53. The Morgan fingerprint density at radius 3 is 2.48 bits per heavy atom. The molecule has 5 rings (SSSR count). The number of fused-ring (bicyclic) bond motifs is 3. The molecule has 2 aromatic carbocycles. The molecule has 27 heavy (non-hydrogen) atoms. The number of aromatic nitrogens is 2. The van der Waals surface area contributed by atoms with Gasteiger partial charge in [-0.05, 0) is 41.0 Å². The Hall–Kier alpha value is -2.81. The topological polar surface area (TPSA) is 21.9 Å². The summed E-state index contributed by atoms with van der Waals surface area (Å²) >= 11 is 0. The maximum absolute atomic E-state index is 6.53. The van der Waals surface area contributed by atoms with Crippen LogP contribution in [0.5, 0.6) is 0 Å². The molecule has 3 aromatic heterocycles. The zero-order chi connectivity index (χ0) is 19.1. The Balaban J connectivity index is 2.08. The van der Waals surface area contributed by atoms with Gasteiger partial charge in [-0.3, -0.25) is 0 Å². The van der Waals surface area contributed by atoms with E-state index in [9.17, 15) is 0 Å². The molecule has 3 heterocycles. The maximum Gasteiger partial charge on any atom is 0.216 e. The SMILES string of the molecule is Cc1c2cc[n+](C)c2cc2oc3cc(C(C)(C)C)cc4ccn(C)c(c12)c43. The van der Waals surface area contributed by atoms with Crippen molar-refractivity contribution in [1.29, 1.82) is 0 Å². The summed E-state index contributed by atoms with van der Waals surface area (Å²) in [6, 6.07) is 11.1. The van der Waals surface area contributed by atoms with Gasteiger partial charge in [0.05, 0.1) is 17.0 Å². The van der Waals surface area contributed by atoms with Gasteiger partial charge in [0.25, 0.3) is 0 Å².